The number of hydrogen-bond donors (Lipinski definition) is 1. The van der Waals surface area contributed by atoms with E-state index in [1.165, 1.54) is 6.07 Å². The number of phenolic OH excluding ortho intramolecular Hbond substituents is 1. The summed E-state index contributed by atoms with van der Waals surface area (Å²) in [6.07, 6.45) is 0. The number of rotatable bonds is 2. The number of piperazine rings is 1. The van der Waals surface area contributed by atoms with Crippen molar-refractivity contribution in [2.24, 2.45) is 0 Å². The Balaban J connectivity index is 1.97. The van der Waals surface area contributed by atoms with Crippen LogP contribution in [-0.2, 0) is 6.54 Å². The zero-order valence-electron chi connectivity index (χ0n) is 12.4. The Labute approximate surface area is 123 Å². The van der Waals surface area contributed by atoms with Gasteiger partial charge in [0, 0.05) is 44.2 Å². The lowest BCUT2D eigenvalue weighted by atomic mass is 10.1. The molecular formula is C16H20N2O3. The second kappa shape index (κ2) is 5.50. The molecule has 3 rings (SSSR count). The Kier molecular flexibility index (Phi) is 3.69. The maximum atomic E-state index is 11.7. The fraction of sp³-hybridized carbons (Fsp3) is 0.438. The molecule has 1 aliphatic rings. The normalized spacial score (nSPS) is 17.4. The number of likely N-dealkylation sites (N-methyl/N-ethyl adjacent to an activating group) is 1. The van der Waals surface area contributed by atoms with Gasteiger partial charge in [-0.15, -0.1) is 0 Å². The van der Waals surface area contributed by atoms with Crippen LogP contribution in [0.15, 0.2) is 27.4 Å². The highest BCUT2D eigenvalue weighted by molar-refractivity contribution is 5.82. The lowest BCUT2D eigenvalue weighted by Crippen LogP contribution is -2.43. The van der Waals surface area contributed by atoms with Crippen molar-refractivity contribution in [3.05, 3.63) is 39.7 Å². The molecule has 21 heavy (non-hydrogen) atoms. The van der Waals surface area contributed by atoms with E-state index in [0.717, 1.165) is 37.1 Å². The average molecular weight is 288 g/mol. The SMILES string of the molecule is Cc1cc2oc(=O)cc(CN3CCN(C)CC3)c2cc1O. The Morgan fingerprint density at radius 1 is 1.19 bits per heavy atom. The third-order valence-electron chi connectivity index (χ3n) is 4.14. The van der Waals surface area contributed by atoms with Crippen LogP contribution in [0.25, 0.3) is 11.0 Å². The third kappa shape index (κ3) is 2.94. The van der Waals surface area contributed by atoms with E-state index in [0.29, 0.717) is 17.7 Å². The van der Waals surface area contributed by atoms with Crippen molar-refractivity contribution in [3.63, 3.8) is 0 Å². The average Bonchev–Trinajstić information content (AvgIpc) is 2.43. The molecule has 0 radical (unpaired) electrons. The molecule has 1 aromatic carbocycles. The lowest BCUT2D eigenvalue weighted by molar-refractivity contribution is 0.148. The predicted octanol–water partition coefficient (Wildman–Crippen LogP) is 1.55. The summed E-state index contributed by atoms with van der Waals surface area (Å²) in [5.74, 6) is 0.232. The van der Waals surface area contributed by atoms with Crippen molar-refractivity contribution in [2.75, 3.05) is 33.2 Å². The first-order valence-electron chi connectivity index (χ1n) is 7.20. The van der Waals surface area contributed by atoms with Gasteiger partial charge in [0.05, 0.1) is 0 Å². The van der Waals surface area contributed by atoms with E-state index in [2.05, 4.69) is 16.8 Å². The molecule has 0 aliphatic carbocycles. The third-order valence-corrected chi connectivity index (χ3v) is 4.14. The largest absolute Gasteiger partial charge is 0.508 e. The van der Waals surface area contributed by atoms with E-state index in [-0.39, 0.29) is 11.4 Å². The number of aryl methyl sites for hydroxylation is 1. The highest BCUT2D eigenvalue weighted by Crippen LogP contribution is 2.26. The molecule has 2 aromatic rings. The van der Waals surface area contributed by atoms with Crippen LogP contribution in [0.4, 0.5) is 0 Å². The molecule has 1 fully saturated rings. The van der Waals surface area contributed by atoms with Crippen molar-refractivity contribution >= 4 is 11.0 Å². The molecule has 5 heteroatoms. The summed E-state index contributed by atoms with van der Waals surface area (Å²) in [4.78, 5) is 16.4. The molecule has 0 bridgehead atoms. The molecule has 0 unspecified atom stereocenters. The number of phenols is 1. The summed E-state index contributed by atoms with van der Waals surface area (Å²) < 4.78 is 5.25. The number of benzene rings is 1. The van der Waals surface area contributed by atoms with Crippen LogP contribution in [0.2, 0.25) is 0 Å². The summed E-state index contributed by atoms with van der Waals surface area (Å²) in [5, 5.41) is 10.7. The molecule has 1 N–H and O–H groups in total. The predicted molar refractivity (Wildman–Crippen MR) is 81.7 cm³/mol. The van der Waals surface area contributed by atoms with Crippen LogP contribution in [0.1, 0.15) is 11.1 Å². The van der Waals surface area contributed by atoms with Crippen LogP contribution < -0.4 is 5.63 Å². The zero-order valence-corrected chi connectivity index (χ0v) is 12.4. The molecule has 0 saturated carbocycles. The second-order valence-corrected chi connectivity index (χ2v) is 5.80. The van der Waals surface area contributed by atoms with Crippen molar-refractivity contribution < 1.29 is 9.52 Å². The first-order valence-corrected chi connectivity index (χ1v) is 7.20. The first-order chi connectivity index (χ1) is 10.0. The molecule has 2 heterocycles. The zero-order chi connectivity index (χ0) is 15.0. The van der Waals surface area contributed by atoms with Gasteiger partial charge in [0.2, 0.25) is 0 Å². The van der Waals surface area contributed by atoms with Crippen molar-refractivity contribution in [1.29, 1.82) is 0 Å². The van der Waals surface area contributed by atoms with Crippen LogP contribution in [0.3, 0.4) is 0 Å². The van der Waals surface area contributed by atoms with Gasteiger partial charge in [-0.1, -0.05) is 0 Å². The van der Waals surface area contributed by atoms with Crippen LogP contribution >= 0.6 is 0 Å². The number of hydrogen-bond acceptors (Lipinski definition) is 5. The van der Waals surface area contributed by atoms with Crippen LogP contribution in [0.5, 0.6) is 5.75 Å². The van der Waals surface area contributed by atoms with Gasteiger partial charge in [-0.3, -0.25) is 4.90 Å². The van der Waals surface area contributed by atoms with Gasteiger partial charge < -0.3 is 14.4 Å². The van der Waals surface area contributed by atoms with E-state index in [1.807, 2.05) is 0 Å². The molecule has 1 saturated heterocycles. The fourth-order valence-electron chi connectivity index (χ4n) is 2.74. The molecule has 0 spiro atoms. The molecule has 0 atom stereocenters. The van der Waals surface area contributed by atoms with E-state index in [1.54, 1.807) is 19.1 Å². The summed E-state index contributed by atoms with van der Waals surface area (Å²) >= 11 is 0. The summed E-state index contributed by atoms with van der Waals surface area (Å²) in [6.45, 7) is 6.53. The van der Waals surface area contributed by atoms with Crippen LogP contribution in [-0.4, -0.2) is 48.1 Å². The van der Waals surface area contributed by atoms with Gasteiger partial charge >= 0.3 is 5.63 Å². The Hall–Kier alpha value is -1.85. The van der Waals surface area contributed by atoms with E-state index >= 15 is 0 Å². The second-order valence-electron chi connectivity index (χ2n) is 5.80. The van der Waals surface area contributed by atoms with Crippen molar-refractivity contribution in [1.82, 2.24) is 9.80 Å². The number of fused-ring (bicyclic) bond motifs is 1. The topological polar surface area (TPSA) is 56.9 Å². The minimum absolute atomic E-state index is 0.232. The standard InChI is InChI=1S/C16H20N2O3/c1-11-7-15-13(9-14(11)19)12(8-16(20)21-15)10-18-5-3-17(2)4-6-18/h7-9,19H,3-6,10H2,1-2H3. The Morgan fingerprint density at radius 2 is 1.90 bits per heavy atom. The van der Waals surface area contributed by atoms with Gasteiger partial charge in [0.25, 0.3) is 0 Å². The van der Waals surface area contributed by atoms with Crippen molar-refractivity contribution in [3.8, 4) is 5.75 Å². The number of nitrogens with zero attached hydrogens (tertiary/aromatic N) is 2. The van der Waals surface area contributed by atoms with E-state index < -0.39 is 0 Å². The monoisotopic (exact) mass is 288 g/mol. The molecule has 0 amide bonds. The van der Waals surface area contributed by atoms with Crippen LogP contribution in [0, 0.1) is 6.92 Å². The highest BCUT2D eigenvalue weighted by atomic mass is 16.4. The Morgan fingerprint density at radius 3 is 2.62 bits per heavy atom. The molecule has 1 aliphatic heterocycles. The Bertz CT molecular complexity index is 715. The van der Waals surface area contributed by atoms with Gasteiger partial charge in [-0.25, -0.2) is 4.79 Å². The first kappa shape index (κ1) is 14.1. The molecular weight excluding hydrogens is 268 g/mol. The van der Waals surface area contributed by atoms with Crippen molar-refractivity contribution in [2.45, 2.75) is 13.5 Å². The molecule has 1 aromatic heterocycles. The van der Waals surface area contributed by atoms with E-state index in [4.69, 9.17) is 4.42 Å². The number of aromatic hydroxyl groups is 1. The quantitative estimate of drug-likeness (QED) is 0.850. The minimum Gasteiger partial charge on any atom is -0.508 e. The maximum Gasteiger partial charge on any atom is 0.336 e. The summed E-state index contributed by atoms with van der Waals surface area (Å²) in [5.41, 5.74) is 1.84. The smallest absolute Gasteiger partial charge is 0.336 e. The van der Waals surface area contributed by atoms with E-state index in [9.17, 15) is 9.90 Å². The van der Waals surface area contributed by atoms with Gasteiger partial charge in [0.15, 0.2) is 0 Å². The minimum atomic E-state index is -0.336. The fourth-order valence-corrected chi connectivity index (χ4v) is 2.74. The molecule has 5 nitrogen and oxygen atoms in total. The highest BCUT2D eigenvalue weighted by Gasteiger charge is 2.16. The maximum absolute atomic E-state index is 11.7. The van der Waals surface area contributed by atoms with Gasteiger partial charge in [-0.2, -0.15) is 0 Å². The molecule has 112 valence electrons. The van der Waals surface area contributed by atoms with Gasteiger partial charge in [0.1, 0.15) is 11.3 Å². The van der Waals surface area contributed by atoms with Gasteiger partial charge in [-0.05, 0) is 37.2 Å². The summed E-state index contributed by atoms with van der Waals surface area (Å²) in [7, 11) is 2.12. The summed E-state index contributed by atoms with van der Waals surface area (Å²) in [6, 6.07) is 4.95. The lowest BCUT2D eigenvalue weighted by Gasteiger charge is -2.32.